The van der Waals surface area contributed by atoms with Crippen LogP contribution < -0.4 is 0 Å². The van der Waals surface area contributed by atoms with E-state index in [9.17, 15) is 8.42 Å². The third kappa shape index (κ3) is 2.32. The lowest BCUT2D eigenvalue weighted by Crippen LogP contribution is -2.39. The topological polar surface area (TPSA) is 37.4 Å². The molecule has 1 saturated heterocycles. The first-order valence-electron chi connectivity index (χ1n) is 7.01. The van der Waals surface area contributed by atoms with Crippen LogP contribution in [0.4, 0.5) is 0 Å². The number of fused-ring (bicyclic) bond motifs is 1. The highest BCUT2D eigenvalue weighted by atomic mass is 32.2. The van der Waals surface area contributed by atoms with Crippen LogP contribution in [0, 0.1) is 19.3 Å². The van der Waals surface area contributed by atoms with Gasteiger partial charge in [-0.3, -0.25) is 0 Å². The summed E-state index contributed by atoms with van der Waals surface area (Å²) in [6, 6.07) is 7.38. The molecular formula is C15H20NO2S. The Labute approximate surface area is 115 Å². The molecule has 2 atom stereocenters. The van der Waals surface area contributed by atoms with E-state index >= 15 is 0 Å². The minimum atomic E-state index is -3.31. The van der Waals surface area contributed by atoms with Gasteiger partial charge < -0.3 is 0 Å². The highest BCUT2D eigenvalue weighted by Crippen LogP contribution is 2.38. The average Bonchev–Trinajstić information content (AvgIpc) is 2.83. The number of aryl methyl sites for hydroxylation is 1. The molecule has 0 unspecified atom stereocenters. The van der Waals surface area contributed by atoms with Gasteiger partial charge in [0.1, 0.15) is 0 Å². The van der Waals surface area contributed by atoms with E-state index in [-0.39, 0.29) is 6.04 Å². The third-order valence-electron chi connectivity index (χ3n) is 4.35. The highest BCUT2D eigenvalue weighted by molar-refractivity contribution is 7.89. The summed E-state index contributed by atoms with van der Waals surface area (Å²) in [5.41, 5.74) is 1.09. The van der Waals surface area contributed by atoms with E-state index in [0.29, 0.717) is 17.4 Å². The zero-order valence-corrected chi connectivity index (χ0v) is 12.1. The van der Waals surface area contributed by atoms with Gasteiger partial charge in [-0.25, -0.2) is 8.42 Å². The van der Waals surface area contributed by atoms with Crippen LogP contribution in [0.3, 0.4) is 0 Å². The monoisotopic (exact) mass is 278 g/mol. The van der Waals surface area contributed by atoms with Gasteiger partial charge in [-0.1, -0.05) is 24.1 Å². The second-order valence-corrected chi connectivity index (χ2v) is 7.51. The quantitative estimate of drug-likeness (QED) is 0.834. The number of benzene rings is 1. The SMILES string of the molecule is Cc1ccc(S(=O)(=O)N2CC[C@@H]3[CH]CCC[C@@H]32)cc1. The first kappa shape index (κ1) is 13.1. The van der Waals surface area contributed by atoms with E-state index in [4.69, 9.17) is 0 Å². The Bertz CT molecular complexity index is 550. The summed E-state index contributed by atoms with van der Waals surface area (Å²) < 4.78 is 27.2. The van der Waals surface area contributed by atoms with Crippen molar-refractivity contribution >= 4 is 10.0 Å². The van der Waals surface area contributed by atoms with Crippen molar-refractivity contribution in [2.75, 3.05) is 6.54 Å². The van der Waals surface area contributed by atoms with E-state index in [1.54, 1.807) is 16.4 Å². The Morgan fingerprint density at radius 3 is 2.63 bits per heavy atom. The maximum atomic E-state index is 12.7. The molecule has 0 bridgehead atoms. The first-order valence-corrected chi connectivity index (χ1v) is 8.45. The molecule has 1 aliphatic carbocycles. The standard InChI is InChI=1S/C15H20NO2S/c1-12-6-8-14(9-7-12)19(17,18)16-11-10-13-4-2-3-5-15(13)16/h4,6-9,13,15H,2-3,5,10-11H2,1H3/t13-,15-/m0/s1. The van der Waals surface area contributed by atoms with Crippen LogP contribution in [0.5, 0.6) is 0 Å². The van der Waals surface area contributed by atoms with E-state index in [1.165, 1.54) is 0 Å². The number of rotatable bonds is 2. The van der Waals surface area contributed by atoms with Crippen LogP contribution in [0.1, 0.15) is 31.2 Å². The van der Waals surface area contributed by atoms with Gasteiger partial charge in [0.05, 0.1) is 4.90 Å². The molecule has 19 heavy (non-hydrogen) atoms. The number of sulfonamides is 1. The first-order chi connectivity index (χ1) is 9.09. The lowest BCUT2D eigenvalue weighted by atomic mass is 9.86. The highest BCUT2D eigenvalue weighted by Gasteiger charge is 2.42. The summed E-state index contributed by atoms with van der Waals surface area (Å²) in [5, 5.41) is 0. The summed E-state index contributed by atoms with van der Waals surface area (Å²) in [6.07, 6.45) is 6.56. The van der Waals surface area contributed by atoms with Crippen molar-refractivity contribution in [2.24, 2.45) is 5.92 Å². The molecule has 1 aromatic carbocycles. The normalized spacial score (nSPS) is 28.3. The molecular weight excluding hydrogens is 258 g/mol. The van der Waals surface area contributed by atoms with Crippen molar-refractivity contribution in [2.45, 2.75) is 43.5 Å². The van der Waals surface area contributed by atoms with Gasteiger partial charge in [-0.05, 0) is 50.7 Å². The molecule has 1 aromatic rings. The fraction of sp³-hybridized carbons (Fsp3) is 0.533. The maximum absolute atomic E-state index is 12.7. The summed E-state index contributed by atoms with van der Waals surface area (Å²) in [4.78, 5) is 0.435. The van der Waals surface area contributed by atoms with Crippen molar-refractivity contribution in [3.8, 4) is 0 Å². The third-order valence-corrected chi connectivity index (χ3v) is 6.29. The number of hydrogen-bond donors (Lipinski definition) is 0. The van der Waals surface area contributed by atoms with Gasteiger partial charge in [-0.2, -0.15) is 4.31 Å². The molecule has 1 aliphatic heterocycles. The molecule has 1 radical (unpaired) electrons. The van der Waals surface area contributed by atoms with Crippen LogP contribution in [-0.4, -0.2) is 25.3 Å². The largest absolute Gasteiger partial charge is 0.243 e. The van der Waals surface area contributed by atoms with E-state index in [0.717, 1.165) is 31.2 Å². The summed E-state index contributed by atoms with van der Waals surface area (Å²) in [7, 11) is -3.31. The van der Waals surface area contributed by atoms with E-state index < -0.39 is 10.0 Å². The summed E-state index contributed by atoms with van der Waals surface area (Å²) in [6.45, 7) is 2.64. The van der Waals surface area contributed by atoms with Crippen LogP contribution in [-0.2, 0) is 10.0 Å². The fourth-order valence-electron chi connectivity index (χ4n) is 3.28. The molecule has 2 fully saturated rings. The van der Waals surface area contributed by atoms with Crippen molar-refractivity contribution < 1.29 is 8.42 Å². The van der Waals surface area contributed by atoms with Gasteiger partial charge in [0, 0.05) is 12.6 Å². The van der Waals surface area contributed by atoms with Crippen molar-refractivity contribution in [3.05, 3.63) is 36.2 Å². The Morgan fingerprint density at radius 1 is 1.16 bits per heavy atom. The fourth-order valence-corrected chi connectivity index (χ4v) is 5.00. The number of hydrogen-bond acceptors (Lipinski definition) is 2. The van der Waals surface area contributed by atoms with Crippen LogP contribution in [0.2, 0.25) is 0 Å². The average molecular weight is 278 g/mol. The molecule has 2 aliphatic rings. The van der Waals surface area contributed by atoms with Crippen molar-refractivity contribution in [1.82, 2.24) is 4.31 Å². The molecule has 0 aromatic heterocycles. The second-order valence-electron chi connectivity index (χ2n) is 5.62. The molecule has 0 spiro atoms. The van der Waals surface area contributed by atoms with Crippen molar-refractivity contribution in [3.63, 3.8) is 0 Å². The summed E-state index contributed by atoms with van der Waals surface area (Å²) >= 11 is 0. The Kier molecular flexibility index (Phi) is 3.39. The minimum Gasteiger partial charge on any atom is -0.207 e. The van der Waals surface area contributed by atoms with Crippen LogP contribution >= 0.6 is 0 Å². The number of nitrogens with zero attached hydrogens (tertiary/aromatic N) is 1. The molecule has 3 rings (SSSR count). The molecule has 4 heteroatoms. The van der Waals surface area contributed by atoms with E-state index in [1.807, 2.05) is 19.1 Å². The van der Waals surface area contributed by atoms with Gasteiger partial charge in [0.2, 0.25) is 10.0 Å². The predicted molar refractivity (Wildman–Crippen MR) is 75.1 cm³/mol. The summed E-state index contributed by atoms with van der Waals surface area (Å²) in [5.74, 6) is 0.467. The predicted octanol–water partition coefficient (Wildman–Crippen LogP) is 2.76. The van der Waals surface area contributed by atoms with Gasteiger partial charge in [0.15, 0.2) is 0 Å². The Hall–Kier alpha value is -0.870. The van der Waals surface area contributed by atoms with Crippen molar-refractivity contribution in [1.29, 1.82) is 0 Å². The Morgan fingerprint density at radius 2 is 1.89 bits per heavy atom. The van der Waals surface area contributed by atoms with Crippen LogP contribution in [0.15, 0.2) is 29.2 Å². The lowest BCUT2D eigenvalue weighted by Gasteiger charge is -2.30. The van der Waals surface area contributed by atoms with Gasteiger partial charge in [0.25, 0.3) is 0 Å². The lowest BCUT2D eigenvalue weighted by molar-refractivity contribution is 0.302. The van der Waals surface area contributed by atoms with Gasteiger partial charge >= 0.3 is 0 Å². The molecule has 0 amide bonds. The van der Waals surface area contributed by atoms with Gasteiger partial charge in [-0.15, -0.1) is 0 Å². The molecule has 0 N–H and O–H groups in total. The van der Waals surface area contributed by atoms with E-state index in [2.05, 4.69) is 6.42 Å². The smallest absolute Gasteiger partial charge is 0.207 e. The molecule has 1 heterocycles. The van der Waals surface area contributed by atoms with Crippen LogP contribution in [0.25, 0.3) is 0 Å². The minimum absolute atomic E-state index is 0.194. The Balaban J connectivity index is 1.90. The zero-order valence-electron chi connectivity index (χ0n) is 11.2. The molecule has 103 valence electrons. The maximum Gasteiger partial charge on any atom is 0.243 e. The zero-order chi connectivity index (χ0) is 13.5. The molecule has 1 saturated carbocycles. The second kappa shape index (κ2) is 4.91. The molecule has 3 nitrogen and oxygen atoms in total.